The first-order valence-electron chi connectivity index (χ1n) is 8.18. The highest BCUT2D eigenvalue weighted by Gasteiger charge is 2.38. The topological polar surface area (TPSA) is 41.1 Å². The number of thiophene rings is 1. The van der Waals surface area contributed by atoms with Crippen LogP contribution in [0.2, 0.25) is 0 Å². The fourth-order valence-corrected chi connectivity index (χ4v) is 5.02. The Labute approximate surface area is 131 Å². The monoisotopic (exact) mass is 306 g/mol. The first kappa shape index (κ1) is 15.0. The quantitative estimate of drug-likeness (QED) is 0.898. The smallest absolute Gasteiger partial charge is 0.237 e. The maximum atomic E-state index is 12.5. The molecule has 1 saturated heterocycles. The molecule has 4 unspecified atom stereocenters. The molecule has 4 atom stereocenters. The van der Waals surface area contributed by atoms with E-state index in [0.717, 1.165) is 12.3 Å². The SMILES string of the molecule is Cc1cc(C(C)NC(=O)C2CC3CCCCC3N2)c(C)s1. The molecule has 1 aliphatic heterocycles. The van der Waals surface area contributed by atoms with Gasteiger partial charge in [-0.15, -0.1) is 11.3 Å². The van der Waals surface area contributed by atoms with Crippen molar-refractivity contribution in [3.63, 3.8) is 0 Å². The van der Waals surface area contributed by atoms with E-state index in [1.807, 2.05) is 0 Å². The van der Waals surface area contributed by atoms with Crippen LogP contribution in [0.5, 0.6) is 0 Å². The van der Waals surface area contributed by atoms with Crippen LogP contribution in [-0.2, 0) is 4.79 Å². The number of fused-ring (bicyclic) bond motifs is 1. The second kappa shape index (κ2) is 6.09. The van der Waals surface area contributed by atoms with Crippen molar-refractivity contribution in [1.82, 2.24) is 10.6 Å². The second-order valence-electron chi connectivity index (χ2n) is 6.70. The molecule has 2 N–H and O–H groups in total. The van der Waals surface area contributed by atoms with E-state index in [2.05, 4.69) is 37.5 Å². The molecule has 1 amide bonds. The fraction of sp³-hybridized carbons (Fsp3) is 0.706. The van der Waals surface area contributed by atoms with Crippen molar-refractivity contribution >= 4 is 17.2 Å². The molecule has 2 fully saturated rings. The number of carbonyl (C=O) groups excluding carboxylic acids is 1. The van der Waals surface area contributed by atoms with Crippen LogP contribution in [0.15, 0.2) is 6.07 Å². The van der Waals surface area contributed by atoms with Gasteiger partial charge >= 0.3 is 0 Å². The van der Waals surface area contributed by atoms with Crippen LogP contribution in [0.4, 0.5) is 0 Å². The predicted molar refractivity (Wildman–Crippen MR) is 87.6 cm³/mol. The van der Waals surface area contributed by atoms with E-state index < -0.39 is 0 Å². The Morgan fingerprint density at radius 2 is 2.14 bits per heavy atom. The molecule has 1 aliphatic carbocycles. The van der Waals surface area contributed by atoms with Crippen molar-refractivity contribution in [2.45, 2.75) is 71.0 Å². The maximum absolute atomic E-state index is 12.5. The van der Waals surface area contributed by atoms with Gasteiger partial charge < -0.3 is 10.6 Å². The molecule has 21 heavy (non-hydrogen) atoms. The minimum Gasteiger partial charge on any atom is -0.348 e. The molecule has 0 spiro atoms. The van der Waals surface area contributed by atoms with E-state index >= 15 is 0 Å². The summed E-state index contributed by atoms with van der Waals surface area (Å²) in [4.78, 5) is 15.1. The molecule has 3 nitrogen and oxygen atoms in total. The largest absolute Gasteiger partial charge is 0.348 e. The average molecular weight is 306 g/mol. The lowest BCUT2D eigenvalue weighted by Gasteiger charge is -2.24. The summed E-state index contributed by atoms with van der Waals surface area (Å²) in [7, 11) is 0. The lowest BCUT2D eigenvalue weighted by atomic mass is 9.85. The highest BCUT2D eigenvalue weighted by atomic mass is 32.1. The molecule has 4 heteroatoms. The van der Waals surface area contributed by atoms with E-state index in [0.29, 0.717) is 6.04 Å². The maximum Gasteiger partial charge on any atom is 0.237 e. The number of amides is 1. The molecular formula is C17H26N2OS. The summed E-state index contributed by atoms with van der Waals surface area (Å²) in [5.41, 5.74) is 1.27. The van der Waals surface area contributed by atoms with Gasteiger partial charge in [-0.05, 0) is 57.6 Å². The van der Waals surface area contributed by atoms with E-state index in [1.165, 1.54) is 41.0 Å². The zero-order chi connectivity index (χ0) is 15.0. The normalized spacial score (nSPS) is 30.0. The van der Waals surface area contributed by atoms with Crippen LogP contribution in [-0.4, -0.2) is 18.0 Å². The molecule has 0 bridgehead atoms. The number of carbonyl (C=O) groups is 1. The lowest BCUT2D eigenvalue weighted by molar-refractivity contribution is -0.123. The Morgan fingerprint density at radius 1 is 1.38 bits per heavy atom. The van der Waals surface area contributed by atoms with Gasteiger partial charge in [0.15, 0.2) is 0 Å². The van der Waals surface area contributed by atoms with Gasteiger partial charge in [-0.25, -0.2) is 0 Å². The molecule has 1 aromatic rings. The highest BCUT2D eigenvalue weighted by Crippen LogP contribution is 2.33. The minimum atomic E-state index is 0.0144. The van der Waals surface area contributed by atoms with Gasteiger partial charge in [0.1, 0.15) is 0 Å². The van der Waals surface area contributed by atoms with Crippen LogP contribution in [0, 0.1) is 19.8 Å². The number of aryl methyl sites for hydroxylation is 2. The lowest BCUT2D eigenvalue weighted by Crippen LogP contribution is -2.43. The first-order valence-corrected chi connectivity index (χ1v) is 8.99. The van der Waals surface area contributed by atoms with Crippen LogP contribution in [0.25, 0.3) is 0 Å². The molecule has 0 radical (unpaired) electrons. The Balaban J connectivity index is 1.60. The molecule has 2 aliphatic rings. The zero-order valence-corrected chi connectivity index (χ0v) is 14.1. The van der Waals surface area contributed by atoms with E-state index in [9.17, 15) is 4.79 Å². The van der Waals surface area contributed by atoms with Gasteiger partial charge in [-0.3, -0.25) is 4.79 Å². The van der Waals surface area contributed by atoms with Gasteiger partial charge in [0.2, 0.25) is 5.91 Å². The second-order valence-corrected chi connectivity index (χ2v) is 8.17. The van der Waals surface area contributed by atoms with Crippen molar-refractivity contribution < 1.29 is 4.79 Å². The zero-order valence-electron chi connectivity index (χ0n) is 13.2. The van der Waals surface area contributed by atoms with Crippen molar-refractivity contribution in [3.8, 4) is 0 Å². The summed E-state index contributed by atoms with van der Waals surface area (Å²) in [6.45, 7) is 6.35. The van der Waals surface area contributed by atoms with Gasteiger partial charge in [0.25, 0.3) is 0 Å². The first-order chi connectivity index (χ1) is 10.0. The predicted octanol–water partition coefficient (Wildman–Crippen LogP) is 3.46. The fourth-order valence-electron chi connectivity index (χ4n) is 3.99. The van der Waals surface area contributed by atoms with Gasteiger partial charge in [0, 0.05) is 15.8 Å². The Bertz CT molecular complexity index is 511. The van der Waals surface area contributed by atoms with Crippen molar-refractivity contribution in [2.24, 2.45) is 5.92 Å². The highest BCUT2D eigenvalue weighted by molar-refractivity contribution is 7.12. The molecule has 0 aromatic carbocycles. The molecule has 2 heterocycles. The average Bonchev–Trinajstić information content (AvgIpc) is 3.01. The van der Waals surface area contributed by atoms with Crippen LogP contribution < -0.4 is 10.6 Å². The number of hydrogen-bond acceptors (Lipinski definition) is 3. The van der Waals surface area contributed by atoms with Crippen LogP contribution in [0.3, 0.4) is 0 Å². The number of rotatable bonds is 3. The van der Waals surface area contributed by atoms with Crippen LogP contribution >= 0.6 is 11.3 Å². The van der Waals surface area contributed by atoms with Gasteiger partial charge in [-0.1, -0.05) is 12.8 Å². The molecule has 116 valence electrons. The summed E-state index contributed by atoms with van der Waals surface area (Å²) in [5, 5.41) is 6.77. The molecule has 1 saturated carbocycles. The standard InChI is InChI=1S/C17H26N2OS/c1-10-8-14(12(3)21-10)11(2)18-17(20)16-9-13-6-4-5-7-15(13)19-16/h8,11,13,15-16,19H,4-7,9H2,1-3H3,(H,18,20). The molecule has 3 rings (SSSR count). The Morgan fingerprint density at radius 3 is 2.81 bits per heavy atom. The minimum absolute atomic E-state index is 0.0144. The van der Waals surface area contributed by atoms with Gasteiger partial charge in [-0.2, -0.15) is 0 Å². The summed E-state index contributed by atoms with van der Waals surface area (Å²) in [6.07, 6.45) is 6.20. The van der Waals surface area contributed by atoms with E-state index in [-0.39, 0.29) is 18.0 Å². The third-order valence-electron chi connectivity index (χ3n) is 5.08. The van der Waals surface area contributed by atoms with E-state index in [1.54, 1.807) is 11.3 Å². The number of nitrogens with one attached hydrogen (secondary N) is 2. The molecule has 1 aromatic heterocycles. The summed E-state index contributed by atoms with van der Waals surface area (Å²) >= 11 is 1.81. The van der Waals surface area contributed by atoms with E-state index in [4.69, 9.17) is 0 Å². The third kappa shape index (κ3) is 3.16. The van der Waals surface area contributed by atoms with Crippen molar-refractivity contribution in [2.75, 3.05) is 0 Å². The summed E-state index contributed by atoms with van der Waals surface area (Å²) < 4.78 is 0. The summed E-state index contributed by atoms with van der Waals surface area (Å²) in [6, 6.07) is 2.90. The number of hydrogen-bond donors (Lipinski definition) is 2. The van der Waals surface area contributed by atoms with Crippen LogP contribution in [0.1, 0.15) is 60.4 Å². The van der Waals surface area contributed by atoms with Crippen molar-refractivity contribution in [3.05, 3.63) is 21.4 Å². The summed E-state index contributed by atoms with van der Waals surface area (Å²) in [5.74, 6) is 0.898. The Hall–Kier alpha value is -0.870. The third-order valence-corrected chi connectivity index (χ3v) is 6.07. The Kier molecular flexibility index (Phi) is 4.36. The van der Waals surface area contributed by atoms with Gasteiger partial charge in [0.05, 0.1) is 12.1 Å². The molecular weight excluding hydrogens is 280 g/mol. The van der Waals surface area contributed by atoms with Crippen molar-refractivity contribution in [1.29, 1.82) is 0 Å².